The lowest BCUT2D eigenvalue weighted by atomic mass is 9.79. The Bertz CT molecular complexity index is 1140. The van der Waals surface area contributed by atoms with Crippen molar-refractivity contribution in [3.63, 3.8) is 0 Å². The summed E-state index contributed by atoms with van der Waals surface area (Å²) in [6, 6.07) is 11.8. The second kappa shape index (κ2) is 7.22. The second-order valence-electron chi connectivity index (χ2n) is 6.36. The van der Waals surface area contributed by atoms with Crippen LogP contribution in [-0.4, -0.2) is 31.9 Å². The first-order chi connectivity index (χ1) is 13.4. The molecular formula is C20H13Cl2N3O3. The Kier molecular flexibility index (Phi) is 4.75. The summed E-state index contributed by atoms with van der Waals surface area (Å²) in [5, 5.41) is 18.6. The number of ketones is 1. The van der Waals surface area contributed by atoms with E-state index in [1.54, 1.807) is 54.7 Å². The molecule has 140 valence electrons. The third-order valence-corrected chi connectivity index (χ3v) is 5.12. The van der Waals surface area contributed by atoms with Gasteiger partial charge in [0.25, 0.3) is 0 Å². The Morgan fingerprint density at radius 3 is 2.75 bits per heavy atom. The van der Waals surface area contributed by atoms with E-state index in [0.717, 1.165) is 0 Å². The molecule has 0 bridgehead atoms. The summed E-state index contributed by atoms with van der Waals surface area (Å²) in [5.41, 5.74) is 2.33. The highest BCUT2D eigenvalue weighted by Crippen LogP contribution is 2.35. The van der Waals surface area contributed by atoms with Crippen molar-refractivity contribution < 1.29 is 14.7 Å². The highest BCUT2D eigenvalue weighted by atomic mass is 35.5. The van der Waals surface area contributed by atoms with Gasteiger partial charge in [0.1, 0.15) is 5.69 Å². The third kappa shape index (κ3) is 3.32. The predicted octanol–water partition coefficient (Wildman–Crippen LogP) is 4.41. The molecule has 0 spiro atoms. The monoisotopic (exact) mass is 413 g/mol. The molecule has 1 atom stereocenters. The first kappa shape index (κ1) is 18.4. The molecule has 1 unspecified atom stereocenters. The summed E-state index contributed by atoms with van der Waals surface area (Å²) in [7, 11) is 0. The van der Waals surface area contributed by atoms with Crippen molar-refractivity contribution >= 4 is 41.0 Å². The van der Waals surface area contributed by atoms with Gasteiger partial charge < -0.3 is 5.11 Å². The largest absolute Gasteiger partial charge is 0.481 e. The zero-order valence-electron chi connectivity index (χ0n) is 14.3. The molecule has 2 aromatic carbocycles. The van der Waals surface area contributed by atoms with Crippen LogP contribution in [0.4, 0.5) is 0 Å². The maximum atomic E-state index is 12.8. The fourth-order valence-corrected chi connectivity index (χ4v) is 3.75. The molecule has 8 heteroatoms. The maximum absolute atomic E-state index is 12.8. The normalized spacial score (nSPS) is 17.6. The number of benzene rings is 2. The van der Waals surface area contributed by atoms with Gasteiger partial charge in [0.2, 0.25) is 0 Å². The Labute approximate surface area is 170 Å². The Hall–Kier alpha value is -2.96. The van der Waals surface area contributed by atoms with Gasteiger partial charge >= 0.3 is 5.97 Å². The summed E-state index contributed by atoms with van der Waals surface area (Å²) in [5.74, 6) is -1.95. The number of halogens is 2. The molecule has 1 aliphatic rings. The predicted molar refractivity (Wildman–Crippen MR) is 105 cm³/mol. The lowest BCUT2D eigenvalue weighted by Gasteiger charge is -2.23. The van der Waals surface area contributed by atoms with Gasteiger partial charge in [-0.25, -0.2) is 4.68 Å². The Balaban J connectivity index is 1.71. The minimum atomic E-state index is -0.970. The quantitative estimate of drug-likeness (QED) is 0.642. The zero-order valence-corrected chi connectivity index (χ0v) is 15.9. The summed E-state index contributed by atoms with van der Waals surface area (Å²) >= 11 is 12.1. The molecule has 1 N–H and O–H groups in total. The van der Waals surface area contributed by atoms with Crippen LogP contribution in [0.25, 0.3) is 11.8 Å². The molecule has 3 aromatic rings. The van der Waals surface area contributed by atoms with Crippen molar-refractivity contribution in [1.29, 1.82) is 0 Å². The lowest BCUT2D eigenvalue weighted by Crippen LogP contribution is -2.23. The second-order valence-corrected chi connectivity index (χ2v) is 7.21. The van der Waals surface area contributed by atoms with Gasteiger partial charge in [-0.05, 0) is 36.3 Å². The molecule has 1 heterocycles. The molecule has 1 aliphatic carbocycles. The van der Waals surface area contributed by atoms with Crippen molar-refractivity contribution in [1.82, 2.24) is 15.0 Å². The van der Waals surface area contributed by atoms with Crippen molar-refractivity contribution in [2.45, 2.75) is 12.3 Å². The van der Waals surface area contributed by atoms with Crippen LogP contribution in [0.15, 0.2) is 54.2 Å². The molecule has 0 radical (unpaired) electrons. The van der Waals surface area contributed by atoms with Gasteiger partial charge in [-0.3, -0.25) is 9.59 Å². The van der Waals surface area contributed by atoms with Gasteiger partial charge in [0.05, 0.1) is 22.8 Å². The van der Waals surface area contributed by atoms with E-state index in [0.29, 0.717) is 38.1 Å². The van der Waals surface area contributed by atoms with E-state index >= 15 is 0 Å². The van der Waals surface area contributed by atoms with Crippen molar-refractivity contribution in [3.8, 4) is 5.69 Å². The van der Waals surface area contributed by atoms with Gasteiger partial charge in [0, 0.05) is 16.2 Å². The van der Waals surface area contributed by atoms with E-state index in [4.69, 9.17) is 23.2 Å². The molecule has 0 saturated heterocycles. The fourth-order valence-electron chi connectivity index (χ4n) is 3.25. The smallest absolute Gasteiger partial charge is 0.311 e. The molecule has 28 heavy (non-hydrogen) atoms. The Morgan fingerprint density at radius 2 is 2.00 bits per heavy atom. The Morgan fingerprint density at radius 1 is 1.21 bits per heavy atom. The van der Waals surface area contributed by atoms with E-state index in [-0.39, 0.29) is 12.2 Å². The number of carbonyl (C=O) groups excluding carboxylic acids is 1. The highest BCUT2D eigenvalue weighted by molar-refractivity contribution is 6.35. The molecule has 4 rings (SSSR count). The standard InChI is InChI=1S/C20H13Cl2N3O3/c21-12-5-6-18(17(22)9-12)25-10-13(23-24-25)7-11-8-16(20(27)28)14-3-1-2-4-15(14)19(11)26/h1-7,9-10,16H,8H2,(H,27,28)/b11-7-. The zero-order chi connectivity index (χ0) is 19.8. The molecule has 0 aliphatic heterocycles. The van der Waals surface area contributed by atoms with Crippen molar-refractivity contribution in [2.24, 2.45) is 0 Å². The molecule has 0 saturated carbocycles. The fraction of sp³-hybridized carbons (Fsp3) is 0.100. The topological polar surface area (TPSA) is 85.1 Å². The van der Waals surface area contributed by atoms with E-state index in [2.05, 4.69) is 10.3 Å². The van der Waals surface area contributed by atoms with E-state index in [1.807, 2.05) is 0 Å². The number of hydrogen-bond donors (Lipinski definition) is 1. The minimum absolute atomic E-state index is 0.0970. The third-order valence-electron chi connectivity index (χ3n) is 4.58. The molecule has 1 aromatic heterocycles. The van der Waals surface area contributed by atoms with E-state index in [1.165, 1.54) is 4.68 Å². The number of aliphatic carboxylic acids is 1. The number of rotatable bonds is 3. The van der Waals surface area contributed by atoms with E-state index < -0.39 is 11.9 Å². The summed E-state index contributed by atoms with van der Waals surface area (Å²) in [4.78, 5) is 24.5. The highest BCUT2D eigenvalue weighted by Gasteiger charge is 2.33. The first-order valence-electron chi connectivity index (χ1n) is 8.39. The number of carboxylic acid groups (broad SMARTS) is 1. The van der Waals surface area contributed by atoms with Gasteiger partial charge in [-0.1, -0.05) is 52.7 Å². The number of fused-ring (bicyclic) bond motifs is 1. The molecule has 0 amide bonds. The maximum Gasteiger partial charge on any atom is 0.311 e. The van der Waals surface area contributed by atoms with Gasteiger partial charge in [0.15, 0.2) is 5.78 Å². The van der Waals surface area contributed by atoms with Crippen molar-refractivity contribution in [3.05, 3.63) is 81.1 Å². The summed E-state index contributed by atoms with van der Waals surface area (Å²) < 4.78 is 1.47. The van der Waals surface area contributed by atoms with Crippen LogP contribution in [0.1, 0.15) is 34.0 Å². The number of aromatic nitrogens is 3. The van der Waals surface area contributed by atoms with Gasteiger partial charge in [-0.15, -0.1) is 5.10 Å². The SMILES string of the molecule is O=C1/C(=C\c2cn(-c3ccc(Cl)cc3Cl)nn2)CC(C(=O)O)c2ccccc21. The lowest BCUT2D eigenvalue weighted by molar-refractivity contribution is -0.138. The van der Waals surface area contributed by atoms with Crippen LogP contribution in [0.5, 0.6) is 0 Å². The average molecular weight is 414 g/mol. The number of Topliss-reactive ketones (excluding diaryl/α,β-unsaturated/α-hetero) is 1. The van der Waals surface area contributed by atoms with Crippen LogP contribution in [-0.2, 0) is 4.79 Å². The molecule has 0 fully saturated rings. The molecular weight excluding hydrogens is 401 g/mol. The van der Waals surface area contributed by atoms with Crippen LogP contribution < -0.4 is 0 Å². The van der Waals surface area contributed by atoms with Crippen LogP contribution in [0.3, 0.4) is 0 Å². The summed E-state index contributed by atoms with van der Waals surface area (Å²) in [6.45, 7) is 0. The number of nitrogens with zero attached hydrogens (tertiary/aromatic N) is 3. The van der Waals surface area contributed by atoms with Crippen molar-refractivity contribution in [2.75, 3.05) is 0 Å². The number of carbonyl (C=O) groups is 2. The van der Waals surface area contributed by atoms with Crippen LogP contribution in [0.2, 0.25) is 10.0 Å². The summed E-state index contributed by atoms with van der Waals surface area (Å²) in [6.07, 6.45) is 3.28. The number of carboxylic acids is 1. The number of allylic oxidation sites excluding steroid dienone is 1. The van der Waals surface area contributed by atoms with Gasteiger partial charge in [-0.2, -0.15) is 0 Å². The van der Waals surface area contributed by atoms with Crippen LogP contribution in [0, 0.1) is 0 Å². The molecule has 6 nitrogen and oxygen atoms in total. The number of hydrogen-bond acceptors (Lipinski definition) is 4. The minimum Gasteiger partial charge on any atom is -0.481 e. The average Bonchev–Trinajstić information content (AvgIpc) is 3.12. The van der Waals surface area contributed by atoms with E-state index in [9.17, 15) is 14.7 Å². The first-order valence-corrected chi connectivity index (χ1v) is 9.14. The van der Waals surface area contributed by atoms with Crippen LogP contribution >= 0.6 is 23.2 Å².